The van der Waals surface area contributed by atoms with Gasteiger partial charge in [-0.1, -0.05) is 194 Å². The molecule has 12 aromatic rings. The summed E-state index contributed by atoms with van der Waals surface area (Å²) in [5.74, 6) is 0. The van der Waals surface area contributed by atoms with Crippen LogP contribution in [0.15, 0.2) is 243 Å². The quantitative estimate of drug-likeness (QED) is 0.152. The highest BCUT2D eigenvalue weighted by molar-refractivity contribution is 6.17. The zero-order valence-electron chi connectivity index (χ0n) is 34.0. The zero-order chi connectivity index (χ0) is 41.0. The third kappa shape index (κ3) is 5.96. The summed E-state index contributed by atoms with van der Waals surface area (Å²) in [6.45, 7) is 0. The van der Waals surface area contributed by atoms with Crippen LogP contribution in [0, 0.1) is 0 Å². The normalized spacial score (nSPS) is 11.5. The fourth-order valence-corrected chi connectivity index (χ4v) is 9.62. The molecule has 0 aliphatic carbocycles. The summed E-state index contributed by atoms with van der Waals surface area (Å²) in [7, 11) is 0. The van der Waals surface area contributed by atoms with E-state index in [4.69, 9.17) is 0 Å². The molecule has 2 heteroatoms. The molecule has 2 nitrogen and oxygen atoms in total. The van der Waals surface area contributed by atoms with Gasteiger partial charge in [-0.3, -0.25) is 0 Å². The SMILES string of the molecule is c1ccc(-n2c3ccccc3c3c(-c4ccc(-c5ccc(-c6ccc(-c7ccc(-c8cccc9c8c8ccccc8n9-c8ccccc8)cc7)cc6)cc5)cc4)cccc32)cc1. The molecule has 0 fully saturated rings. The van der Waals surface area contributed by atoms with Crippen LogP contribution in [0.3, 0.4) is 0 Å². The van der Waals surface area contributed by atoms with Crippen molar-refractivity contribution >= 4 is 43.6 Å². The second kappa shape index (κ2) is 14.8. The van der Waals surface area contributed by atoms with Crippen LogP contribution in [0.4, 0.5) is 0 Å². The van der Waals surface area contributed by atoms with Crippen LogP contribution in [-0.2, 0) is 0 Å². The number of hydrogen-bond donors (Lipinski definition) is 0. The molecular weight excluding hydrogens is 749 g/mol. The Balaban J connectivity index is 0.794. The maximum Gasteiger partial charge on any atom is 0.0547 e. The predicted molar refractivity (Wildman–Crippen MR) is 262 cm³/mol. The molecule has 2 heterocycles. The Morgan fingerprint density at radius 1 is 0.194 bits per heavy atom. The average Bonchev–Trinajstić information content (AvgIpc) is 3.88. The van der Waals surface area contributed by atoms with E-state index in [2.05, 4.69) is 252 Å². The smallest absolute Gasteiger partial charge is 0.0547 e. The van der Waals surface area contributed by atoms with E-state index in [1.807, 2.05) is 0 Å². The van der Waals surface area contributed by atoms with Crippen LogP contribution in [0.2, 0.25) is 0 Å². The molecule has 12 rings (SSSR count). The van der Waals surface area contributed by atoms with Crippen molar-refractivity contribution in [2.24, 2.45) is 0 Å². The largest absolute Gasteiger partial charge is 0.309 e. The van der Waals surface area contributed by atoms with E-state index < -0.39 is 0 Å². The van der Waals surface area contributed by atoms with Crippen LogP contribution >= 0.6 is 0 Å². The van der Waals surface area contributed by atoms with Crippen molar-refractivity contribution in [2.45, 2.75) is 0 Å². The fraction of sp³-hybridized carbons (Fsp3) is 0. The Hall–Kier alpha value is -8.20. The summed E-state index contributed by atoms with van der Waals surface area (Å²) in [6.07, 6.45) is 0. The van der Waals surface area contributed by atoms with Gasteiger partial charge in [-0.25, -0.2) is 0 Å². The van der Waals surface area contributed by atoms with Crippen molar-refractivity contribution in [1.82, 2.24) is 9.13 Å². The van der Waals surface area contributed by atoms with Gasteiger partial charge in [0.1, 0.15) is 0 Å². The molecule has 2 aromatic heterocycles. The van der Waals surface area contributed by atoms with Crippen LogP contribution in [-0.4, -0.2) is 9.13 Å². The third-order valence-corrected chi connectivity index (χ3v) is 12.6. The van der Waals surface area contributed by atoms with E-state index in [0.29, 0.717) is 0 Å². The summed E-state index contributed by atoms with van der Waals surface area (Å²) in [6, 6.07) is 88.1. The van der Waals surface area contributed by atoms with Gasteiger partial charge in [0.2, 0.25) is 0 Å². The van der Waals surface area contributed by atoms with Crippen LogP contribution in [0.25, 0.3) is 111 Å². The van der Waals surface area contributed by atoms with Gasteiger partial charge in [0.15, 0.2) is 0 Å². The average molecular weight is 789 g/mol. The Kier molecular flexibility index (Phi) is 8.53. The molecule has 0 saturated heterocycles. The second-order valence-electron chi connectivity index (χ2n) is 16.1. The maximum absolute atomic E-state index is 2.38. The van der Waals surface area contributed by atoms with Gasteiger partial charge in [-0.15, -0.1) is 0 Å². The minimum Gasteiger partial charge on any atom is -0.309 e. The van der Waals surface area contributed by atoms with Gasteiger partial charge in [-0.2, -0.15) is 0 Å². The highest BCUT2D eigenvalue weighted by Crippen LogP contribution is 2.41. The number of aromatic nitrogens is 2. The van der Waals surface area contributed by atoms with E-state index >= 15 is 0 Å². The second-order valence-corrected chi connectivity index (χ2v) is 16.1. The first-order valence-electron chi connectivity index (χ1n) is 21.3. The molecule has 0 aliphatic heterocycles. The minimum atomic E-state index is 1.17. The Morgan fingerprint density at radius 2 is 0.468 bits per heavy atom. The lowest BCUT2D eigenvalue weighted by molar-refractivity contribution is 1.18. The van der Waals surface area contributed by atoms with Gasteiger partial charge >= 0.3 is 0 Å². The lowest BCUT2D eigenvalue weighted by Gasteiger charge is -2.10. The van der Waals surface area contributed by atoms with Crippen LogP contribution in [0.1, 0.15) is 0 Å². The van der Waals surface area contributed by atoms with E-state index in [1.165, 1.54) is 111 Å². The molecule has 0 unspecified atom stereocenters. The van der Waals surface area contributed by atoms with Crippen molar-refractivity contribution in [1.29, 1.82) is 0 Å². The summed E-state index contributed by atoms with van der Waals surface area (Å²) in [5.41, 5.74) is 19.4. The number of nitrogens with zero attached hydrogens (tertiary/aromatic N) is 2. The van der Waals surface area contributed by atoms with Crippen molar-refractivity contribution in [3.63, 3.8) is 0 Å². The Bertz CT molecular complexity index is 3320. The van der Waals surface area contributed by atoms with E-state index in [9.17, 15) is 0 Å². The van der Waals surface area contributed by atoms with Gasteiger partial charge in [0.25, 0.3) is 0 Å². The molecule has 62 heavy (non-hydrogen) atoms. The number of para-hydroxylation sites is 4. The summed E-state index contributed by atoms with van der Waals surface area (Å²) in [4.78, 5) is 0. The monoisotopic (exact) mass is 788 g/mol. The summed E-state index contributed by atoms with van der Waals surface area (Å²) < 4.78 is 4.76. The van der Waals surface area contributed by atoms with Gasteiger partial charge in [-0.05, 0) is 104 Å². The maximum atomic E-state index is 2.38. The number of hydrogen-bond acceptors (Lipinski definition) is 0. The number of benzene rings is 10. The molecule has 0 spiro atoms. The van der Waals surface area contributed by atoms with Crippen LogP contribution in [0.5, 0.6) is 0 Å². The van der Waals surface area contributed by atoms with E-state index in [1.54, 1.807) is 0 Å². The van der Waals surface area contributed by atoms with E-state index in [0.717, 1.165) is 0 Å². The molecule has 0 amide bonds. The van der Waals surface area contributed by atoms with Gasteiger partial charge in [0.05, 0.1) is 22.1 Å². The van der Waals surface area contributed by atoms with Crippen molar-refractivity contribution in [3.8, 4) is 67.0 Å². The first-order valence-corrected chi connectivity index (χ1v) is 21.3. The number of fused-ring (bicyclic) bond motifs is 6. The highest BCUT2D eigenvalue weighted by atomic mass is 15.0. The molecule has 0 bridgehead atoms. The first-order chi connectivity index (χ1) is 30.8. The standard InChI is InChI=1S/C60H40N2/c1-3-13-49(14-4-1)61-55-21-9-7-17-53(55)59-51(19-11-23-57(59)61)47-37-33-45(34-38-47)43-29-25-41(26-30-43)42-27-31-44(32-28-42)46-35-39-48(40-36-46)52-20-12-24-58-60(52)54-18-8-10-22-56(54)62(58)50-15-5-2-6-16-50/h1-40H. The lowest BCUT2D eigenvalue weighted by Crippen LogP contribution is -1.92. The molecular formula is C60H40N2. The Labute approximate surface area is 360 Å². The van der Waals surface area contributed by atoms with Gasteiger partial charge in [0, 0.05) is 32.9 Å². The molecule has 0 saturated carbocycles. The molecule has 290 valence electrons. The summed E-state index contributed by atoms with van der Waals surface area (Å²) in [5, 5.41) is 5.09. The van der Waals surface area contributed by atoms with Gasteiger partial charge < -0.3 is 9.13 Å². The zero-order valence-corrected chi connectivity index (χ0v) is 34.0. The predicted octanol–water partition coefficient (Wildman–Crippen LogP) is 16.2. The van der Waals surface area contributed by atoms with Crippen molar-refractivity contribution < 1.29 is 0 Å². The first kappa shape index (κ1) is 35.7. The fourth-order valence-electron chi connectivity index (χ4n) is 9.62. The topological polar surface area (TPSA) is 9.86 Å². The Morgan fingerprint density at radius 3 is 0.806 bits per heavy atom. The molecule has 0 N–H and O–H groups in total. The van der Waals surface area contributed by atoms with Crippen molar-refractivity contribution in [2.75, 3.05) is 0 Å². The van der Waals surface area contributed by atoms with E-state index in [-0.39, 0.29) is 0 Å². The number of rotatable bonds is 7. The summed E-state index contributed by atoms with van der Waals surface area (Å²) >= 11 is 0. The molecule has 0 atom stereocenters. The third-order valence-electron chi connectivity index (χ3n) is 12.6. The molecule has 10 aromatic carbocycles. The molecule has 0 radical (unpaired) electrons. The minimum absolute atomic E-state index is 1.17. The van der Waals surface area contributed by atoms with Crippen molar-refractivity contribution in [3.05, 3.63) is 243 Å². The highest BCUT2D eigenvalue weighted by Gasteiger charge is 2.18. The lowest BCUT2D eigenvalue weighted by atomic mass is 9.95. The molecule has 0 aliphatic rings. The van der Waals surface area contributed by atoms with Crippen LogP contribution < -0.4 is 0 Å².